The van der Waals surface area contributed by atoms with Gasteiger partial charge in [0.2, 0.25) is 0 Å². The van der Waals surface area contributed by atoms with Crippen LogP contribution in [0.3, 0.4) is 0 Å². The fourth-order valence-electron chi connectivity index (χ4n) is 1.43. The first kappa shape index (κ1) is 18.7. The van der Waals surface area contributed by atoms with Crippen molar-refractivity contribution in [2.75, 3.05) is 19.8 Å². The number of carbonyl (C=O) groups excluding carboxylic acids is 1. The number of carbonyl (C=O) groups is 1. The van der Waals surface area contributed by atoms with Crippen molar-refractivity contribution in [3.63, 3.8) is 0 Å². The summed E-state index contributed by atoms with van der Waals surface area (Å²) >= 11 is 1.43. The number of rotatable bonds is 6. The normalized spacial score (nSPS) is 11.3. The first-order valence-electron chi connectivity index (χ1n) is 5.77. The van der Waals surface area contributed by atoms with E-state index in [0.29, 0.717) is 6.54 Å². The predicted molar refractivity (Wildman–Crippen MR) is 83.0 cm³/mol. The van der Waals surface area contributed by atoms with Crippen molar-refractivity contribution in [3.05, 3.63) is 33.9 Å². The molecule has 8 heteroatoms. The number of hydrogen-bond acceptors (Lipinski definition) is 5. The zero-order chi connectivity index (χ0) is 14.4. The summed E-state index contributed by atoms with van der Waals surface area (Å²) in [5, 5.41) is 16.6. The van der Waals surface area contributed by atoms with Crippen molar-refractivity contribution < 1.29 is 9.72 Å². The van der Waals surface area contributed by atoms with E-state index in [2.05, 4.69) is 10.6 Å². The Morgan fingerprint density at radius 3 is 2.65 bits per heavy atom. The Labute approximate surface area is 128 Å². The quantitative estimate of drug-likeness (QED) is 0.476. The van der Waals surface area contributed by atoms with E-state index in [0.717, 1.165) is 4.90 Å². The zero-order valence-corrected chi connectivity index (χ0v) is 13.1. The first-order chi connectivity index (χ1) is 8.99. The molecular formula is C12H18ClN3O3S. The maximum atomic E-state index is 12.0. The molecule has 1 amide bonds. The third-order valence-electron chi connectivity index (χ3n) is 2.71. The van der Waals surface area contributed by atoms with Crippen LogP contribution in [-0.2, 0) is 0 Å². The van der Waals surface area contributed by atoms with Crippen LogP contribution in [0.2, 0.25) is 0 Å². The summed E-state index contributed by atoms with van der Waals surface area (Å²) < 4.78 is 0. The summed E-state index contributed by atoms with van der Waals surface area (Å²) in [4.78, 5) is 23.2. The summed E-state index contributed by atoms with van der Waals surface area (Å²) in [6.07, 6.45) is 1.85. The molecule has 0 saturated carbocycles. The van der Waals surface area contributed by atoms with Gasteiger partial charge in [-0.15, -0.1) is 24.2 Å². The Morgan fingerprint density at radius 1 is 1.50 bits per heavy atom. The molecule has 20 heavy (non-hydrogen) atoms. The zero-order valence-electron chi connectivity index (χ0n) is 11.5. The highest BCUT2D eigenvalue weighted by molar-refractivity contribution is 7.98. The van der Waals surface area contributed by atoms with Crippen molar-refractivity contribution in [1.82, 2.24) is 10.6 Å². The van der Waals surface area contributed by atoms with Gasteiger partial charge in [-0.1, -0.05) is 0 Å². The number of nitrogens with zero attached hydrogens (tertiary/aromatic N) is 1. The number of halogens is 1. The molecule has 112 valence electrons. The van der Waals surface area contributed by atoms with Gasteiger partial charge in [0.1, 0.15) is 5.56 Å². The van der Waals surface area contributed by atoms with Gasteiger partial charge in [-0.05, 0) is 32.4 Å². The largest absolute Gasteiger partial charge is 0.350 e. The fourth-order valence-corrected chi connectivity index (χ4v) is 1.87. The highest BCUT2D eigenvalue weighted by Crippen LogP contribution is 2.24. The van der Waals surface area contributed by atoms with Gasteiger partial charge in [0.15, 0.2) is 0 Å². The molecule has 0 radical (unpaired) electrons. The molecule has 0 aliphatic heterocycles. The monoisotopic (exact) mass is 319 g/mol. The second-order valence-electron chi connectivity index (χ2n) is 4.04. The summed E-state index contributed by atoms with van der Waals surface area (Å²) in [5.74, 6) is -0.426. The van der Waals surface area contributed by atoms with E-state index in [4.69, 9.17) is 0 Å². The van der Waals surface area contributed by atoms with Crippen molar-refractivity contribution in [2.45, 2.75) is 17.9 Å². The van der Waals surface area contributed by atoms with Crippen LogP contribution in [-0.4, -0.2) is 36.7 Å². The van der Waals surface area contributed by atoms with Crippen LogP contribution in [0.25, 0.3) is 0 Å². The molecule has 6 nitrogen and oxygen atoms in total. The summed E-state index contributed by atoms with van der Waals surface area (Å²) in [7, 11) is 1.79. The lowest BCUT2D eigenvalue weighted by Crippen LogP contribution is -2.37. The molecule has 0 heterocycles. The predicted octanol–water partition coefficient (Wildman–Crippen LogP) is 2.08. The number of nitro groups is 1. The number of thioether (sulfide) groups is 1. The van der Waals surface area contributed by atoms with E-state index in [1.807, 2.05) is 13.2 Å². The maximum absolute atomic E-state index is 12.0. The van der Waals surface area contributed by atoms with E-state index in [-0.39, 0.29) is 29.7 Å². The summed E-state index contributed by atoms with van der Waals surface area (Å²) in [6, 6.07) is 4.65. The fraction of sp³-hybridized carbons (Fsp3) is 0.417. The Hall–Kier alpha value is -1.31. The third-order valence-corrected chi connectivity index (χ3v) is 3.43. The smallest absolute Gasteiger partial charge is 0.282 e. The summed E-state index contributed by atoms with van der Waals surface area (Å²) in [5.41, 5.74) is -0.0763. The molecule has 1 aromatic rings. The average molecular weight is 320 g/mol. The van der Waals surface area contributed by atoms with Crippen LogP contribution in [0, 0.1) is 10.1 Å². The molecule has 1 unspecified atom stereocenters. The van der Waals surface area contributed by atoms with Gasteiger partial charge >= 0.3 is 0 Å². The highest BCUT2D eigenvalue weighted by Gasteiger charge is 2.20. The van der Waals surface area contributed by atoms with Crippen molar-refractivity contribution >= 4 is 35.8 Å². The third kappa shape index (κ3) is 4.99. The van der Waals surface area contributed by atoms with Crippen LogP contribution in [0.5, 0.6) is 0 Å². The number of likely N-dealkylation sites (N-methyl/N-ethyl adjacent to an activating group) is 1. The lowest BCUT2D eigenvalue weighted by Gasteiger charge is -2.11. The van der Waals surface area contributed by atoms with Gasteiger partial charge in [0.05, 0.1) is 4.92 Å². The summed E-state index contributed by atoms with van der Waals surface area (Å²) in [6.45, 7) is 2.32. The molecule has 0 fully saturated rings. The van der Waals surface area contributed by atoms with E-state index in [9.17, 15) is 14.9 Å². The Morgan fingerprint density at radius 2 is 2.15 bits per heavy atom. The average Bonchev–Trinajstić information content (AvgIpc) is 2.43. The van der Waals surface area contributed by atoms with Crippen molar-refractivity contribution in [1.29, 1.82) is 0 Å². The maximum Gasteiger partial charge on any atom is 0.282 e. The molecule has 0 bridgehead atoms. The van der Waals surface area contributed by atoms with Gasteiger partial charge in [0.25, 0.3) is 11.6 Å². The Bertz CT molecular complexity index is 485. The molecule has 0 saturated heterocycles. The van der Waals surface area contributed by atoms with E-state index >= 15 is 0 Å². The van der Waals surface area contributed by atoms with Crippen LogP contribution < -0.4 is 10.6 Å². The topological polar surface area (TPSA) is 84.3 Å². The van der Waals surface area contributed by atoms with Crippen LogP contribution >= 0.6 is 24.2 Å². The van der Waals surface area contributed by atoms with Crippen LogP contribution in [0.1, 0.15) is 17.3 Å². The molecule has 0 aliphatic rings. The molecular weight excluding hydrogens is 302 g/mol. The van der Waals surface area contributed by atoms with Crippen LogP contribution in [0.15, 0.2) is 23.1 Å². The number of nitro benzene ring substituents is 1. The van der Waals surface area contributed by atoms with Crippen molar-refractivity contribution in [3.8, 4) is 0 Å². The molecule has 1 atom stereocenters. The van der Waals surface area contributed by atoms with Crippen LogP contribution in [0.4, 0.5) is 5.69 Å². The van der Waals surface area contributed by atoms with Gasteiger partial charge in [-0.3, -0.25) is 14.9 Å². The van der Waals surface area contributed by atoms with E-state index in [1.54, 1.807) is 19.2 Å². The standard InChI is InChI=1S/C12H17N3O3S.ClH/c1-8(13-2)7-14-12(16)10-6-9(19-3)4-5-11(10)15(17)18;/h4-6,8,13H,7H2,1-3H3,(H,14,16);1H. The van der Waals surface area contributed by atoms with E-state index < -0.39 is 10.8 Å². The SMILES string of the molecule is CNC(C)CNC(=O)c1cc(SC)ccc1[N+](=O)[O-].Cl. The van der Waals surface area contributed by atoms with Gasteiger partial charge < -0.3 is 10.6 Å². The van der Waals surface area contributed by atoms with E-state index in [1.165, 1.54) is 17.8 Å². The minimum absolute atomic E-state index is 0. The highest BCUT2D eigenvalue weighted by atomic mass is 35.5. The van der Waals surface area contributed by atoms with Crippen molar-refractivity contribution in [2.24, 2.45) is 0 Å². The molecule has 0 spiro atoms. The lowest BCUT2D eigenvalue weighted by molar-refractivity contribution is -0.385. The number of hydrogen-bond donors (Lipinski definition) is 2. The van der Waals surface area contributed by atoms with Gasteiger partial charge in [0, 0.05) is 23.5 Å². The Balaban J connectivity index is 0.00000361. The van der Waals surface area contributed by atoms with Gasteiger partial charge in [-0.2, -0.15) is 0 Å². The second-order valence-corrected chi connectivity index (χ2v) is 4.92. The Kier molecular flexibility index (Phi) is 8.21. The van der Waals surface area contributed by atoms with Gasteiger partial charge in [-0.25, -0.2) is 0 Å². The number of amides is 1. The molecule has 2 N–H and O–H groups in total. The molecule has 1 rings (SSSR count). The lowest BCUT2D eigenvalue weighted by atomic mass is 10.1. The second kappa shape index (κ2) is 8.78. The minimum atomic E-state index is -0.541. The number of nitrogens with one attached hydrogen (secondary N) is 2. The first-order valence-corrected chi connectivity index (χ1v) is 7.00. The molecule has 0 aromatic heterocycles. The molecule has 1 aromatic carbocycles. The molecule has 0 aliphatic carbocycles. The minimum Gasteiger partial charge on any atom is -0.350 e. The number of benzene rings is 1.